The molecule has 0 bridgehead atoms. The van der Waals surface area contributed by atoms with Crippen molar-refractivity contribution in [3.05, 3.63) is 30.2 Å². The van der Waals surface area contributed by atoms with Crippen LogP contribution in [0.5, 0.6) is 11.5 Å². The van der Waals surface area contributed by atoms with Gasteiger partial charge >= 0.3 is 0 Å². The Morgan fingerprint density at radius 1 is 1.24 bits per heavy atom. The number of aromatic nitrogens is 2. The molecule has 1 heterocycles. The minimum atomic E-state index is 0.487. The number of hydrogen-bond acceptors (Lipinski definition) is 4. The summed E-state index contributed by atoms with van der Waals surface area (Å²) in [6.07, 6.45) is 2.71. The molecule has 1 aromatic carbocycles. The molecule has 114 valence electrons. The molecule has 0 amide bonds. The molecule has 0 unspecified atom stereocenters. The SMILES string of the molecule is COc1ccc(-c2cnc(CCNC(C)C)[nH]2)c(OC)c1. The van der Waals surface area contributed by atoms with Crippen molar-refractivity contribution in [2.75, 3.05) is 20.8 Å². The van der Waals surface area contributed by atoms with Crippen molar-refractivity contribution >= 4 is 0 Å². The maximum absolute atomic E-state index is 5.42. The zero-order valence-corrected chi connectivity index (χ0v) is 13.1. The van der Waals surface area contributed by atoms with Crippen molar-refractivity contribution < 1.29 is 9.47 Å². The van der Waals surface area contributed by atoms with Crippen molar-refractivity contribution in [2.45, 2.75) is 26.3 Å². The molecule has 0 atom stereocenters. The number of rotatable bonds is 7. The van der Waals surface area contributed by atoms with E-state index < -0.39 is 0 Å². The summed E-state index contributed by atoms with van der Waals surface area (Å²) < 4.78 is 10.6. The molecule has 0 spiro atoms. The molecule has 0 fully saturated rings. The molecule has 1 aromatic heterocycles. The lowest BCUT2D eigenvalue weighted by atomic mass is 10.1. The Morgan fingerprint density at radius 3 is 2.71 bits per heavy atom. The van der Waals surface area contributed by atoms with Crippen LogP contribution in [-0.2, 0) is 6.42 Å². The highest BCUT2D eigenvalue weighted by molar-refractivity contribution is 5.68. The topological polar surface area (TPSA) is 59.2 Å². The lowest BCUT2D eigenvalue weighted by Gasteiger charge is -2.09. The van der Waals surface area contributed by atoms with Crippen LogP contribution in [0.25, 0.3) is 11.3 Å². The fourth-order valence-corrected chi connectivity index (χ4v) is 2.13. The van der Waals surface area contributed by atoms with Crippen LogP contribution in [0.4, 0.5) is 0 Å². The highest BCUT2D eigenvalue weighted by atomic mass is 16.5. The van der Waals surface area contributed by atoms with Crippen LogP contribution >= 0.6 is 0 Å². The lowest BCUT2D eigenvalue weighted by Crippen LogP contribution is -2.25. The highest BCUT2D eigenvalue weighted by Gasteiger charge is 2.10. The predicted octanol–water partition coefficient (Wildman–Crippen LogP) is 2.63. The zero-order valence-electron chi connectivity index (χ0n) is 13.1. The average molecular weight is 289 g/mol. The summed E-state index contributed by atoms with van der Waals surface area (Å²) in [5.41, 5.74) is 1.93. The van der Waals surface area contributed by atoms with E-state index in [1.54, 1.807) is 14.2 Å². The third-order valence-corrected chi connectivity index (χ3v) is 3.24. The summed E-state index contributed by atoms with van der Waals surface area (Å²) in [5, 5.41) is 3.38. The summed E-state index contributed by atoms with van der Waals surface area (Å²) >= 11 is 0. The van der Waals surface area contributed by atoms with Gasteiger partial charge in [0, 0.05) is 30.6 Å². The monoisotopic (exact) mass is 289 g/mol. The maximum Gasteiger partial charge on any atom is 0.131 e. The Bertz CT molecular complexity index is 579. The van der Waals surface area contributed by atoms with Gasteiger partial charge in [0.2, 0.25) is 0 Å². The number of benzene rings is 1. The summed E-state index contributed by atoms with van der Waals surface area (Å²) in [5.74, 6) is 2.51. The van der Waals surface area contributed by atoms with Crippen molar-refractivity contribution in [2.24, 2.45) is 0 Å². The molecule has 0 saturated heterocycles. The summed E-state index contributed by atoms with van der Waals surface area (Å²) in [4.78, 5) is 7.77. The number of methoxy groups -OCH3 is 2. The first-order valence-corrected chi connectivity index (χ1v) is 7.13. The summed E-state index contributed by atoms with van der Waals surface area (Å²) in [6.45, 7) is 5.18. The lowest BCUT2D eigenvalue weighted by molar-refractivity contribution is 0.395. The quantitative estimate of drug-likeness (QED) is 0.822. The van der Waals surface area contributed by atoms with E-state index in [2.05, 4.69) is 29.1 Å². The standard InChI is InChI=1S/C16H23N3O2/c1-11(2)17-8-7-16-18-10-14(19-16)13-6-5-12(20-3)9-15(13)21-4/h5-6,9-11,17H,7-8H2,1-4H3,(H,18,19). The molecule has 0 aliphatic carbocycles. The number of aromatic amines is 1. The largest absolute Gasteiger partial charge is 0.497 e. The minimum absolute atomic E-state index is 0.487. The van der Waals surface area contributed by atoms with Crippen LogP contribution in [0, 0.1) is 0 Å². The van der Waals surface area contributed by atoms with Crippen molar-refractivity contribution in [1.29, 1.82) is 0 Å². The Hall–Kier alpha value is -2.01. The van der Waals surface area contributed by atoms with Gasteiger partial charge in [-0.3, -0.25) is 0 Å². The van der Waals surface area contributed by atoms with Crippen molar-refractivity contribution in [3.63, 3.8) is 0 Å². The van der Waals surface area contributed by atoms with E-state index >= 15 is 0 Å². The summed E-state index contributed by atoms with van der Waals surface area (Å²) in [6, 6.07) is 6.25. The number of hydrogen-bond donors (Lipinski definition) is 2. The second-order valence-electron chi connectivity index (χ2n) is 5.17. The fourth-order valence-electron chi connectivity index (χ4n) is 2.13. The molecule has 5 nitrogen and oxygen atoms in total. The maximum atomic E-state index is 5.42. The van der Waals surface area contributed by atoms with E-state index in [1.807, 2.05) is 24.4 Å². The molecular formula is C16H23N3O2. The number of nitrogens with one attached hydrogen (secondary N) is 2. The number of imidazole rings is 1. The van der Waals surface area contributed by atoms with Crippen LogP contribution in [-0.4, -0.2) is 36.8 Å². The average Bonchev–Trinajstić information content (AvgIpc) is 2.94. The number of H-pyrrole nitrogens is 1. The van der Waals surface area contributed by atoms with Gasteiger partial charge in [0.1, 0.15) is 17.3 Å². The second-order valence-corrected chi connectivity index (χ2v) is 5.17. The normalized spacial score (nSPS) is 10.9. The molecule has 2 N–H and O–H groups in total. The van der Waals surface area contributed by atoms with Crippen LogP contribution in [0.1, 0.15) is 19.7 Å². The van der Waals surface area contributed by atoms with Crippen LogP contribution in [0.15, 0.2) is 24.4 Å². The van der Waals surface area contributed by atoms with Gasteiger partial charge in [0.15, 0.2) is 0 Å². The highest BCUT2D eigenvalue weighted by Crippen LogP contribution is 2.32. The first kappa shape index (κ1) is 15.4. The van der Waals surface area contributed by atoms with E-state index in [9.17, 15) is 0 Å². The molecule has 0 radical (unpaired) electrons. The zero-order chi connectivity index (χ0) is 15.2. The van der Waals surface area contributed by atoms with Gasteiger partial charge in [0.25, 0.3) is 0 Å². The first-order chi connectivity index (χ1) is 10.1. The third-order valence-electron chi connectivity index (χ3n) is 3.24. The number of nitrogens with zero attached hydrogens (tertiary/aromatic N) is 1. The third kappa shape index (κ3) is 3.98. The van der Waals surface area contributed by atoms with E-state index in [0.29, 0.717) is 6.04 Å². The second kappa shape index (κ2) is 7.13. The molecule has 0 aliphatic rings. The van der Waals surface area contributed by atoms with Gasteiger partial charge in [-0.1, -0.05) is 13.8 Å². The Kier molecular flexibility index (Phi) is 5.22. The van der Waals surface area contributed by atoms with Crippen LogP contribution in [0.2, 0.25) is 0 Å². The Morgan fingerprint density at radius 2 is 2.05 bits per heavy atom. The predicted molar refractivity (Wildman–Crippen MR) is 84.0 cm³/mol. The molecule has 0 aliphatic heterocycles. The molecule has 21 heavy (non-hydrogen) atoms. The molecular weight excluding hydrogens is 266 g/mol. The molecule has 5 heteroatoms. The van der Waals surface area contributed by atoms with Gasteiger partial charge in [-0.25, -0.2) is 4.98 Å². The summed E-state index contributed by atoms with van der Waals surface area (Å²) in [7, 11) is 3.30. The van der Waals surface area contributed by atoms with Crippen molar-refractivity contribution in [1.82, 2.24) is 15.3 Å². The molecule has 2 rings (SSSR count). The van der Waals surface area contributed by atoms with Gasteiger partial charge in [0.05, 0.1) is 26.1 Å². The van der Waals surface area contributed by atoms with Crippen LogP contribution < -0.4 is 14.8 Å². The van der Waals surface area contributed by atoms with E-state index in [1.165, 1.54) is 0 Å². The Balaban J connectivity index is 2.13. The number of ether oxygens (including phenoxy) is 2. The Labute approximate surface area is 125 Å². The molecule has 2 aromatic rings. The van der Waals surface area contributed by atoms with Gasteiger partial charge in [-0.05, 0) is 12.1 Å². The van der Waals surface area contributed by atoms with Crippen LogP contribution in [0.3, 0.4) is 0 Å². The van der Waals surface area contributed by atoms with E-state index in [-0.39, 0.29) is 0 Å². The smallest absolute Gasteiger partial charge is 0.131 e. The van der Waals surface area contributed by atoms with E-state index in [0.717, 1.165) is 41.5 Å². The first-order valence-electron chi connectivity index (χ1n) is 7.13. The fraction of sp³-hybridized carbons (Fsp3) is 0.438. The van der Waals surface area contributed by atoms with Crippen molar-refractivity contribution in [3.8, 4) is 22.8 Å². The van der Waals surface area contributed by atoms with E-state index in [4.69, 9.17) is 9.47 Å². The van der Waals surface area contributed by atoms with Gasteiger partial charge < -0.3 is 19.8 Å². The minimum Gasteiger partial charge on any atom is -0.497 e. The van der Waals surface area contributed by atoms with Gasteiger partial charge in [-0.15, -0.1) is 0 Å². The van der Waals surface area contributed by atoms with Gasteiger partial charge in [-0.2, -0.15) is 0 Å². The molecule has 0 saturated carbocycles.